The first-order valence-electron chi connectivity index (χ1n) is 9.82. The molecule has 0 spiro atoms. The number of benzene rings is 4. The van der Waals surface area contributed by atoms with E-state index in [1.54, 1.807) is 11.8 Å². The molecule has 0 aliphatic rings. The van der Waals surface area contributed by atoms with Crippen molar-refractivity contribution in [2.45, 2.75) is 11.5 Å². The second-order valence-corrected chi connectivity index (χ2v) is 11.7. The molecule has 0 radical (unpaired) electrons. The predicted octanol–water partition coefficient (Wildman–Crippen LogP) is 5.16. The molecule has 30 heavy (non-hydrogen) atoms. The predicted molar refractivity (Wildman–Crippen MR) is 131 cm³/mol. The summed E-state index contributed by atoms with van der Waals surface area (Å²) in [5.41, 5.74) is 2.16. The van der Waals surface area contributed by atoms with Gasteiger partial charge in [0.2, 0.25) is 0 Å². The molecule has 0 saturated heterocycles. The molecule has 0 unspecified atom stereocenters. The zero-order chi connectivity index (χ0) is 20.6. The number of rotatable bonds is 7. The average Bonchev–Trinajstić information content (AvgIpc) is 2.83. The van der Waals surface area contributed by atoms with Gasteiger partial charge in [-0.1, -0.05) is 0 Å². The van der Waals surface area contributed by atoms with Gasteiger partial charge >= 0.3 is 187 Å². The molecule has 0 fully saturated rings. The molecule has 0 aliphatic carbocycles. The van der Waals surface area contributed by atoms with Gasteiger partial charge in [0.15, 0.2) is 0 Å². The molecule has 4 aromatic rings. The Kier molecular flexibility index (Phi) is 7.23. The monoisotopic (exact) mass is 475 g/mol. The fourth-order valence-corrected chi connectivity index (χ4v) is 8.64. The molecule has 1 nitrogen and oxygen atoms in total. The van der Waals surface area contributed by atoms with Crippen molar-refractivity contribution in [1.82, 2.24) is 0 Å². The number of aliphatic hydroxyl groups is 1. The van der Waals surface area contributed by atoms with Crippen LogP contribution in [-0.4, -0.2) is 19.0 Å². The summed E-state index contributed by atoms with van der Waals surface area (Å²) in [6.07, 6.45) is 0. The van der Waals surface area contributed by atoms with Crippen molar-refractivity contribution in [2.24, 2.45) is 0 Å². The van der Waals surface area contributed by atoms with Crippen molar-refractivity contribution >= 4 is 39.5 Å². The van der Waals surface area contributed by atoms with E-state index in [4.69, 9.17) is 0 Å². The normalized spacial score (nSPS) is 11.6. The van der Waals surface area contributed by atoms with E-state index < -0.39 is 13.9 Å². The third-order valence-electron chi connectivity index (χ3n) is 4.64. The molecule has 0 amide bonds. The van der Waals surface area contributed by atoms with Crippen molar-refractivity contribution in [3.05, 3.63) is 131 Å². The van der Waals surface area contributed by atoms with Gasteiger partial charge in [-0.15, -0.1) is 0 Å². The quantitative estimate of drug-likeness (QED) is 0.295. The van der Waals surface area contributed by atoms with Crippen molar-refractivity contribution < 1.29 is 5.11 Å². The Hall–Kier alpha value is -2.55. The van der Waals surface area contributed by atoms with E-state index >= 15 is 0 Å². The molecule has 0 atom stereocenters. The molecule has 0 aromatic heterocycles. The molecular weight excluding hydrogens is 451 g/mol. The Morgan fingerprint density at radius 1 is 0.667 bits per heavy atom. The molecule has 0 saturated carbocycles. The van der Waals surface area contributed by atoms with Crippen LogP contribution in [-0.2, 0) is 6.61 Å². The first-order chi connectivity index (χ1) is 14.8. The van der Waals surface area contributed by atoms with E-state index in [0.717, 1.165) is 10.5 Å². The Bertz CT molecular complexity index is 1060. The minimum atomic E-state index is -1.42. The summed E-state index contributed by atoms with van der Waals surface area (Å²) in [4.78, 5) is 4.80. The molecule has 0 aliphatic heterocycles. The van der Waals surface area contributed by atoms with Crippen LogP contribution < -0.4 is 8.92 Å². The minimum absolute atomic E-state index is 0.0440. The van der Waals surface area contributed by atoms with E-state index in [2.05, 4.69) is 102 Å². The van der Waals surface area contributed by atoms with Crippen LogP contribution in [0.1, 0.15) is 11.1 Å². The fourth-order valence-electron chi connectivity index (χ4n) is 3.12. The Morgan fingerprint density at radius 2 is 1.17 bits per heavy atom. The van der Waals surface area contributed by atoms with Crippen molar-refractivity contribution in [2.75, 3.05) is 0 Å². The van der Waals surface area contributed by atoms with E-state index in [-0.39, 0.29) is 6.61 Å². The molecule has 0 heterocycles. The zero-order valence-electron chi connectivity index (χ0n) is 16.5. The van der Waals surface area contributed by atoms with E-state index in [0.29, 0.717) is 0 Å². The van der Waals surface area contributed by atoms with Crippen LogP contribution in [0.3, 0.4) is 0 Å². The Morgan fingerprint density at radius 3 is 1.73 bits per heavy atom. The first-order valence-corrected chi connectivity index (χ1v) is 13.3. The summed E-state index contributed by atoms with van der Waals surface area (Å²) in [6.45, 7) is 0.0440. The molecular formula is C27H23OSSe+. The van der Waals surface area contributed by atoms with Crippen molar-refractivity contribution in [3.63, 3.8) is 0 Å². The molecule has 148 valence electrons. The Balaban J connectivity index is 1.83. The van der Waals surface area contributed by atoms with Gasteiger partial charge in [0.1, 0.15) is 0 Å². The van der Waals surface area contributed by atoms with Crippen LogP contribution in [0.5, 0.6) is 0 Å². The standard InChI is InChI=1S/C27H23OSSe/c28-20-23-14-10-11-19-26(23)29-27(22-12-4-1-5-13-22)21-30(24-15-6-2-7-16-24)25-17-8-3-9-18-25/h1-19,21,28H,20H2/q+1/b27-21-. The number of hydrogen-bond acceptors (Lipinski definition) is 2. The maximum absolute atomic E-state index is 9.81. The van der Waals surface area contributed by atoms with Crippen molar-refractivity contribution in [3.8, 4) is 0 Å². The van der Waals surface area contributed by atoms with E-state index in [1.807, 2.05) is 18.2 Å². The van der Waals surface area contributed by atoms with Gasteiger partial charge in [-0.05, 0) is 0 Å². The number of thioether (sulfide) groups is 1. The fraction of sp³-hybridized carbons (Fsp3) is 0.0370. The van der Waals surface area contributed by atoms with Gasteiger partial charge in [-0.25, -0.2) is 0 Å². The van der Waals surface area contributed by atoms with Crippen LogP contribution in [0.15, 0.2) is 125 Å². The second-order valence-electron chi connectivity index (χ2n) is 6.68. The van der Waals surface area contributed by atoms with Gasteiger partial charge in [0.25, 0.3) is 0 Å². The summed E-state index contributed by atoms with van der Waals surface area (Å²) in [5.74, 6) is 0. The average molecular weight is 475 g/mol. The second kappa shape index (κ2) is 10.5. The number of aliphatic hydroxyl groups excluding tert-OH is 1. The maximum atomic E-state index is 9.81. The molecule has 3 heteroatoms. The summed E-state index contributed by atoms with van der Waals surface area (Å²) < 4.78 is 2.77. The zero-order valence-corrected chi connectivity index (χ0v) is 19.0. The topological polar surface area (TPSA) is 20.2 Å². The summed E-state index contributed by atoms with van der Waals surface area (Å²) >= 11 is 0.326. The van der Waals surface area contributed by atoms with Crippen LogP contribution in [0.2, 0.25) is 0 Å². The summed E-state index contributed by atoms with van der Waals surface area (Å²) in [6, 6.07) is 40.3. The van der Waals surface area contributed by atoms with E-state index in [1.165, 1.54) is 19.4 Å². The van der Waals surface area contributed by atoms with Crippen LogP contribution in [0.25, 0.3) is 4.91 Å². The van der Waals surface area contributed by atoms with Crippen LogP contribution in [0, 0.1) is 0 Å². The van der Waals surface area contributed by atoms with Gasteiger partial charge in [0, 0.05) is 0 Å². The van der Waals surface area contributed by atoms with E-state index in [9.17, 15) is 5.11 Å². The summed E-state index contributed by atoms with van der Waals surface area (Å²) in [5, 5.41) is 9.81. The summed E-state index contributed by atoms with van der Waals surface area (Å²) in [7, 11) is 0. The van der Waals surface area contributed by atoms with Gasteiger partial charge in [-0.2, -0.15) is 0 Å². The number of hydrogen-bond donors (Lipinski definition) is 1. The van der Waals surface area contributed by atoms with Gasteiger partial charge < -0.3 is 0 Å². The first kappa shape index (κ1) is 20.7. The Labute approximate surface area is 187 Å². The molecule has 4 rings (SSSR count). The third kappa shape index (κ3) is 5.13. The van der Waals surface area contributed by atoms with Gasteiger partial charge in [0.05, 0.1) is 0 Å². The molecule has 0 bridgehead atoms. The SMILES string of the molecule is OCc1ccccc1S/C(=C\[Se+](c1ccccc1)c1ccccc1)c1ccccc1. The van der Waals surface area contributed by atoms with Crippen LogP contribution >= 0.6 is 11.8 Å². The van der Waals surface area contributed by atoms with Gasteiger partial charge in [-0.3, -0.25) is 0 Å². The molecule has 1 N–H and O–H groups in total. The molecule has 4 aromatic carbocycles. The third-order valence-corrected chi connectivity index (χ3v) is 10.4. The van der Waals surface area contributed by atoms with Crippen LogP contribution in [0.4, 0.5) is 0 Å². The van der Waals surface area contributed by atoms with Crippen molar-refractivity contribution in [1.29, 1.82) is 0 Å².